The Hall–Kier alpha value is -2.18. The molecule has 0 aliphatic carbocycles. The molecule has 1 aromatic heterocycles. The van der Waals surface area contributed by atoms with Crippen LogP contribution in [-0.4, -0.2) is 65.3 Å². The minimum atomic E-state index is -0.203. The van der Waals surface area contributed by atoms with Crippen LogP contribution in [0.4, 0.5) is 0 Å². The number of hydrogen-bond acceptors (Lipinski definition) is 4. The van der Waals surface area contributed by atoms with E-state index in [0.29, 0.717) is 19.5 Å². The van der Waals surface area contributed by atoms with Crippen molar-refractivity contribution in [3.8, 4) is 0 Å². The van der Waals surface area contributed by atoms with Gasteiger partial charge in [0.15, 0.2) is 0 Å². The lowest BCUT2D eigenvalue weighted by atomic mass is 9.89. The lowest BCUT2D eigenvalue weighted by Crippen LogP contribution is -2.51. The zero-order valence-electron chi connectivity index (χ0n) is 19.5. The summed E-state index contributed by atoms with van der Waals surface area (Å²) in [5.74, 6) is 0.405. The predicted molar refractivity (Wildman–Crippen MR) is 130 cm³/mol. The van der Waals surface area contributed by atoms with Crippen LogP contribution < -0.4 is 0 Å². The summed E-state index contributed by atoms with van der Waals surface area (Å²) >= 11 is 1.83. The van der Waals surface area contributed by atoms with Gasteiger partial charge in [0.2, 0.25) is 11.8 Å². The fourth-order valence-electron chi connectivity index (χ4n) is 5.16. The van der Waals surface area contributed by atoms with Crippen molar-refractivity contribution in [1.29, 1.82) is 0 Å². The number of aryl methyl sites for hydroxylation is 1. The van der Waals surface area contributed by atoms with E-state index < -0.39 is 0 Å². The first kappa shape index (κ1) is 23.0. The molecule has 5 nitrogen and oxygen atoms in total. The number of rotatable bonds is 5. The van der Waals surface area contributed by atoms with Crippen molar-refractivity contribution in [3.63, 3.8) is 0 Å². The Morgan fingerprint density at radius 1 is 1.03 bits per heavy atom. The molecular formula is C26H35N3O2S. The Bertz CT molecular complexity index is 956. The predicted octanol–water partition coefficient (Wildman–Crippen LogP) is 4.25. The van der Waals surface area contributed by atoms with Gasteiger partial charge < -0.3 is 9.80 Å². The molecule has 32 heavy (non-hydrogen) atoms. The fourth-order valence-corrected chi connectivity index (χ4v) is 6.06. The Morgan fingerprint density at radius 3 is 2.56 bits per heavy atom. The van der Waals surface area contributed by atoms with E-state index in [0.717, 1.165) is 38.9 Å². The van der Waals surface area contributed by atoms with E-state index in [4.69, 9.17) is 0 Å². The third-order valence-corrected chi connectivity index (χ3v) is 7.96. The lowest BCUT2D eigenvalue weighted by Gasteiger charge is -2.41. The van der Waals surface area contributed by atoms with E-state index in [9.17, 15) is 9.59 Å². The zero-order chi connectivity index (χ0) is 22.7. The van der Waals surface area contributed by atoms with E-state index in [1.807, 2.05) is 28.1 Å². The van der Waals surface area contributed by atoms with Gasteiger partial charge >= 0.3 is 0 Å². The van der Waals surface area contributed by atoms with Gasteiger partial charge in [-0.25, -0.2) is 0 Å². The molecule has 1 aromatic carbocycles. The summed E-state index contributed by atoms with van der Waals surface area (Å²) in [5.41, 5.74) is 3.90. The van der Waals surface area contributed by atoms with Crippen molar-refractivity contribution in [2.24, 2.45) is 0 Å². The summed E-state index contributed by atoms with van der Waals surface area (Å²) < 4.78 is 0. The second-order valence-electron chi connectivity index (χ2n) is 9.03. The van der Waals surface area contributed by atoms with Crippen LogP contribution in [-0.2, 0) is 16.0 Å². The highest BCUT2D eigenvalue weighted by Gasteiger charge is 2.37. The first-order chi connectivity index (χ1) is 15.5. The maximum Gasteiger partial charge on any atom is 0.239 e. The smallest absolute Gasteiger partial charge is 0.239 e. The molecule has 0 radical (unpaired) electrons. The number of fused-ring (bicyclic) bond motifs is 1. The molecule has 0 N–H and O–H groups in total. The second-order valence-corrected chi connectivity index (χ2v) is 10.0. The summed E-state index contributed by atoms with van der Waals surface area (Å²) in [6, 6.07) is 10.7. The molecule has 2 amide bonds. The van der Waals surface area contributed by atoms with Gasteiger partial charge in [-0.1, -0.05) is 31.2 Å². The van der Waals surface area contributed by atoms with Gasteiger partial charge in [0.1, 0.15) is 0 Å². The van der Waals surface area contributed by atoms with Crippen molar-refractivity contribution < 1.29 is 9.59 Å². The molecule has 3 heterocycles. The molecular weight excluding hydrogens is 418 g/mol. The van der Waals surface area contributed by atoms with Crippen LogP contribution in [0.1, 0.15) is 60.7 Å². The Morgan fingerprint density at radius 2 is 1.78 bits per heavy atom. The zero-order valence-corrected chi connectivity index (χ0v) is 20.4. The summed E-state index contributed by atoms with van der Waals surface area (Å²) in [6.07, 6.45) is 3.31. The normalized spacial score (nSPS) is 20.5. The van der Waals surface area contributed by atoms with Gasteiger partial charge in [-0.2, -0.15) is 0 Å². The van der Waals surface area contributed by atoms with E-state index in [1.54, 1.807) is 0 Å². The molecule has 172 valence electrons. The van der Waals surface area contributed by atoms with Crippen LogP contribution in [0, 0.1) is 6.92 Å². The van der Waals surface area contributed by atoms with Crippen LogP contribution in [0.25, 0.3) is 0 Å². The number of amides is 2. The molecule has 0 unspecified atom stereocenters. The van der Waals surface area contributed by atoms with Gasteiger partial charge in [0, 0.05) is 44.0 Å². The molecule has 0 bridgehead atoms. The third-order valence-electron chi connectivity index (χ3n) is 6.97. The first-order valence-corrected chi connectivity index (χ1v) is 12.8. The van der Waals surface area contributed by atoms with Crippen molar-refractivity contribution in [2.45, 2.75) is 58.5 Å². The summed E-state index contributed by atoms with van der Waals surface area (Å²) in [4.78, 5) is 33.8. The van der Waals surface area contributed by atoms with E-state index >= 15 is 0 Å². The number of hydrogen-bond donors (Lipinski definition) is 0. The van der Waals surface area contributed by atoms with Crippen molar-refractivity contribution in [2.75, 3.05) is 32.7 Å². The highest BCUT2D eigenvalue weighted by Crippen LogP contribution is 2.40. The van der Waals surface area contributed by atoms with Gasteiger partial charge in [-0.15, -0.1) is 11.3 Å². The van der Waals surface area contributed by atoms with Gasteiger partial charge in [-0.05, 0) is 61.2 Å². The number of carbonyl (C=O) groups is 2. The van der Waals surface area contributed by atoms with Crippen LogP contribution in [0.5, 0.6) is 0 Å². The minimum Gasteiger partial charge on any atom is -0.341 e. The molecule has 0 spiro atoms. The van der Waals surface area contributed by atoms with Gasteiger partial charge in [0.05, 0.1) is 12.1 Å². The number of carbonyl (C=O) groups excluding carboxylic acids is 2. The second kappa shape index (κ2) is 10.2. The molecule has 1 saturated heterocycles. The molecule has 6 heteroatoms. The SMILES string of the molecule is CCCC(=O)N1CCCN(C(=O)[C@@H](C)N2CCc3sccc3[C@@H]2c2ccccc2C)CC1. The Labute approximate surface area is 196 Å². The Kier molecular flexibility index (Phi) is 7.31. The maximum absolute atomic E-state index is 13.6. The largest absolute Gasteiger partial charge is 0.341 e. The van der Waals surface area contributed by atoms with Gasteiger partial charge in [0.25, 0.3) is 0 Å². The highest BCUT2D eigenvalue weighted by atomic mass is 32.1. The molecule has 4 rings (SSSR count). The molecule has 0 saturated carbocycles. The number of thiophene rings is 1. The lowest BCUT2D eigenvalue weighted by molar-refractivity contribution is -0.138. The monoisotopic (exact) mass is 453 g/mol. The maximum atomic E-state index is 13.6. The van der Waals surface area contributed by atoms with Crippen molar-refractivity contribution in [1.82, 2.24) is 14.7 Å². The third kappa shape index (κ3) is 4.62. The van der Waals surface area contributed by atoms with Crippen LogP contribution in [0.3, 0.4) is 0 Å². The summed E-state index contributed by atoms with van der Waals surface area (Å²) in [5, 5.41) is 2.18. The van der Waals surface area contributed by atoms with E-state index in [1.165, 1.54) is 21.6 Å². The standard InChI is InChI=1S/C26H35N3O2S/c1-4-8-24(30)27-13-7-14-28(17-16-27)26(31)20(3)29-15-11-23-22(12-18-32-23)25(29)21-10-6-5-9-19(21)2/h5-6,9-10,12,18,20,25H,4,7-8,11,13-17H2,1-3H3/t20-,25+/m1/s1. The Balaban J connectivity index is 1.54. The van der Waals surface area contributed by atoms with Crippen molar-refractivity contribution >= 4 is 23.2 Å². The average Bonchev–Trinajstić information content (AvgIpc) is 3.14. The molecule has 2 atom stereocenters. The van der Waals surface area contributed by atoms with Crippen LogP contribution in [0.15, 0.2) is 35.7 Å². The summed E-state index contributed by atoms with van der Waals surface area (Å²) in [6.45, 7) is 9.91. The van der Waals surface area contributed by atoms with E-state index in [-0.39, 0.29) is 23.9 Å². The molecule has 1 fully saturated rings. The fraction of sp³-hybridized carbons (Fsp3) is 0.538. The quantitative estimate of drug-likeness (QED) is 0.680. The van der Waals surface area contributed by atoms with Crippen LogP contribution >= 0.6 is 11.3 Å². The topological polar surface area (TPSA) is 43.9 Å². The first-order valence-electron chi connectivity index (χ1n) is 11.9. The highest BCUT2D eigenvalue weighted by molar-refractivity contribution is 7.10. The minimum absolute atomic E-state index is 0.111. The number of nitrogens with zero attached hydrogens (tertiary/aromatic N) is 3. The average molecular weight is 454 g/mol. The molecule has 2 aliphatic heterocycles. The van der Waals surface area contributed by atoms with E-state index in [2.05, 4.69) is 54.5 Å². The van der Waals surface area contributed by atoms with Gasteiger partial charge in [-0.3, -0.25) is 14.5 Å². The van der Waals surface area contributed by atoms with Crippen LogP contribution in [0.2, 0.25) is 0 Å². The summed E-state index contributed by atoms with van der Waals surface area (Å²) in [7, 11) is 0. The molecule has 2 aliphatic rings. The number of benzene rings is 1. The van der Waals surface area contributed by atoms with Crippen molar-refractivity contribution in [3.05, 3.63) is 57.3 Å². The molecule has 2 aromatic rings.